The number of fused-ring (bicyclic) bond motifs is 1. The first-order chi connectivity index (χ1) is 13.3. The number of benzene rings is 2. The maximum Gasteiger partial charge on any atom is 0.249 e. The van der Waals surface area contributed by atoms with Crippen molar-refractivity contribution in [2.45, 2.75) is 19.4 Å². The summed E-state index contributed by atoms with van der Waals surface area (Å²) in [5.74, 6) is 0.439. The molecule has 6 heteroatoms. The molecule has 2 aromatic heterocycles. The number of hydrogen-bond donors (Lipinski definition) is 1. The molecule has 136 valence electrons. The molecule has 1 amide bonds. The molecule has 6 nitrogen and oxygen atoms in total. The van der Waals surface area contributed by atoms with E-state index >= 15 is 0 Å². The highest BCUT2D eigenvalue weighted by Gasteiger charge is 2.15. The van der Waals surface area contributed by atoms with E-state index in [0.717, 1.165) is 29.3 Å². The Balaban J connectivity index is 1.40. The third-order valence-electron chi connectivity index (χ3n) is 4.50. The van der Waals surface area contributed by atoms with Crippen LogP contribution in [0.4, 0.5) is 0 Å². The quantitative estimate of drug-likeness (QED) is 0.513. The van der Waals surface area contributed by atoms with Crippen molar-refractivity contribution >= 4 is 16.8 Å². The monoisotopic (exact) mass is 360 g/mol. The summed E-state index contributed by atoms with van der Waals surface area (Å²) >= 11 is 0. The Morgan fingerprint density at radius 1 is 1.07 bits per heavy atom. The molecule has 0 aliphatic rings. The summed E-state index contributed by atoms with van der Waals surface area (Å²) in [6.45, 7) is 0.906. The van der Waals surface area contributed by atoms with Crippen LogP contribution in [0.1, 0.15) is 12.0 Å². The van der Waals surface area contributed by atoms with Crippen LogP contribution in [-0.4, -0.2) is 27.2 Å². The summed E-state index contributed by atoms with van der Waals surface area (Å²) in [7, 11) is 0. The van der Waals surface area contributed by atoms with Gasteiger partial charge in [0.2, 0.25) is 18.2 Å². The molecule has 27 heavy (non-hydrogen) atoms. The van der Waals surface area contributed by atoms with Gasteiger partial charge in [0.05, 0.1) is 5.56 Å². The Labute approximate surface area is 156 Å². The molecule has 0 atom stereocenters. The predicted molar refractivity (Wildman–Crippen MR) is 103 cm³/mol. The third kappa shape index (κ3) is 3.89. The van der Waals surface area contributed by atoms with Crippen LogP contribution in [0, 0.1) is 0 Å². The van der Waals surface area contributed by atoms with Crippen LogP contribution in [0.25, 0.3) is 22.4 Å². The van der Waals surface area contributed by atoms with Crippen molar-refractivity contribution < 1.29 is 9.21 Å². The minimum absolute atomic E-state index is 0.0131. The zero-order valence-electron chi connectivity index (χ0n) is 14.8. The van der Waals surface area contributed by atoms with Crippen LogP contribution in [0.3, 0.4) is 0 Å². The van der Waals surface area contributed by atoms with Gasteiger partial charge in [-0.05, 0) is 24.5 Å². The fraction of sp³-hybridized carbons (Fsp3) is 0.190. The first-order valence-electron chi connectivity index (χ1n) is 8.96. The van der Waals surface area contributed by atoms with Gasteiger partial charge in [-0.25, -0.2) is 0 Å². The van der Waals surface area contributed by atoms with E-state index in [1.54, 1.807) is 0 Å². The van der Waals surface area contributed by atoms with Crippen LogP contribution in [0.2, 0.25) is 0 Å². The molecule has 0 aliphatic heterocycles. The summed E-state index contributed by atoms with van der Waals surface area (Å²) in [6.07, 6.45) is 5.06. The first kappa shape index (κ1) is 17.0. The van der Waals surface area contributed by atoms with Crippen molar-refractivity contribution in [2.75, 3.05) is 6.54 Å². The lowest BCUT2D eigenvalue weighted by molar-refractivity contribution is -0.121. The van der Waals surface area contributed by atoms with Gasteiger partial charge < -0.3 is 14.3 Å². The number of hydrogen-bond acceptors (Lipinski definition) is 4. The van der Waals surface area contributed by atoms with E-state index in [9.17, 15) is 4.79 Å². The van der Waals surface area contributed by atoms with E-state index in [-0.39, 0.29) is 12.5 Å². The van der Waals surface area contributed by atoms with Crippen LogP contribution in [0.5, 0.6) is 0 Å². The molecular formula is C21H20N4O2. The van der Waals surface area contributed by atoms with Crippen molar-refractivity contribution in [3.63, 3.8) is 0 Å². The standard InChI is InChI=1S/C21H20N4O2/c26-20(22-12-6-9-16-7-2-1-3-8-16)14-25-13-18(21-24-23-15-27-21)17-10-4-5-11-19(17)25/h1-5,7-8,10-11,13,15H,6,9,12,14H2,(H,22,26). The number of rotatable bonds is 7. The molecule has 4 rings (SSSR count). The van der Waals surface area contributed by atoms with Crippen molar-refractivity contribution in [3.05, 3.63) is 72.8 Å². The van der Waals surface area contributed by atoms with Crippen molar-refractivity contribution in [2.24, 2.45) is 0 Å². The number of carbonyl (C=O) groups excluding carboxylic acids is 1. The van der Waals surface area contributed by atoms with Crippen LogP contribution >= 0.6 is 0 Å². The number of nitrogens with zero attached hydrogens (tertiary/aromatic N) is 3. The average molecular weight is 360 g/mol. The lowest BCUT2D eigenvalue weighted by Gasteiger charge is -2.07. The maximum absolute atomic E-state index is 12.4. The van der Waals surface area contributed by atoms with Gasteiger partial charge in [0, 0.05) is 23.6 Å². The van der Waals surface area contributed by atoms with Crippen molar-refractivity contribution in [3.8, 4) is 11.5 Å². The average Bonchev–Trinajstić information content (AvgIpc) is 3.35. The zero-order chi connectivity index (χ0) is 18.5. The molecule has 0 spiro atoms. The molecule has 0 radical (unpaired) electrons. The van der Waals surface area contributed by atoms with Crippen molar-refractivity contribution in [1.29, 1.82) is 0 Å². The van der Waals surface area contributed by atoms with Crippen LogP contribution < -0.4 is 5.32 Å². The van der Waals surface area contributed by atoms with E-state index in [1.807, 2.05) is 53.2 Å². The fourth-order valence-corrected chi connectivity index (χ4v) is 3.21. The summed E-state index contributed by atoms with van der Waals surface area (Å²) < 4.78 is 7.25. The first-order valence-corrected chi connectivity index (χ1v) is 8.96. The summed E-state index contributed by atoms with van der Waals surface area (Å²) in [5, 5.41) is 11.7. The maximum atomic E-state index is 12.4. The normalized spacial score (nSPS) is 11.0. The Morgan fingerprint density at radius 2 is 1.89 bits per heavy atom. The van der Waals surface area contributed by atoms with Gasteiger partial charge in [-0.2, -0.15) is 0 Å². The van der Waals surface area contributed by atoms with E-state index in [0.29, 0.717) is 12.4 Å². The minimum atomic E-state index is -0.0131. The molecule has 4 aromatic rings. The molecule has 1 N–H and O–H groups in total. The minimum Gasteiger partial charge on any atom is -0.423 e. The highest BCUT2D eigenvalue weighted by molar-refractivity contribution is 5.94. The van der Waals surface area contributed by atoms with Gasteiger partial charge in [0.25, 0.3) is 0 Å². The Bertz CT molecular complexity index is 1020. The molecule has 2 aromatic carbocycles. The number of nitrogens with one attached hydrogen (secondary N) is 1. The molecule has 0 saturated heterocycles. The Morgan fingerprint density at radius 3 is 2.70 bits per heavy atom. The number of para-hydroxylation sites is 1. The molecule has 0 fully saturated rings. The second-order valence-corrected chi connectivity index (χ2v) is 6.37. The van der Waals surface area contributed by atoms with Gasteiger partial charge in [-0.3, -0.25) is 4.79 Å². The van der Waals surface area contributed by atoms with Crippen LogP contribution in [0.15, 0.2) is 71.6 Å². The van der Waals surface area contributed by atoms with Gasteiger partial charge in [-0.1, -0.05) is 48.5 Å². The van der Waals surface area contributed by atoms with Gasteiger partial charge >= 0.3 is 0 Å². The number of aryl methyl sites for hydroxylation is 1. The largest absolute Gasteiger partial charge is 0.423 e. The smallest absolute Gasteiger partial charge is 0.249 e. The Hall–Kier alpha value is -3.41. The van der Waals surface area contributed by atoms with Gasteiger partial charge in [-0.15, -0.1) is 10.2 Å². The number of amides is 1. The predicted octanol–water partition coefficient (Wildman–Crippen LogP) is 3.44. The van der Waals surface area contributed by atoms with E-state index in [2.05, 4.69) is 27.6 Å². The summed E-state index contributed by atoms with van der Waals surface area (Å²) in [5.41, 5.74) is 3.08. The second kappa shape index (κ2) is 7.86. The molecule has 0 aliphatic carbocycles. The topological polar surface area (TPSA) is 73.0 Å². The number of aromatic nitrogens is 3. The number of carbonyl (C=O) groups is 1. The highest BCUT2D eigenvalue weighted by atomic mass is 16.4. The Kier molecular flexibility index (Phi) is 4.96. The fourth-order valence-electron chi connectivity index (χ4n) is 3.21. The van der Waals surface area contributed by atoms with E-state index in [4.69, 9.17) is 4.42 Å². The second-order valence-electron chi connectivity index (χ2n) is 6.37. The summed E-state index contributed by atoms with van der Waals surface area (Å²) in [4.78, 5) is 12.4. The third-order valence-corrected chi connectivity index (χ3v) is 4.50. The lowest BCUT2D eigenvalue weighted by Crippen LogP contribution is -2.28. The van der Waals surface area contributed by atoms with E-state index in [1.165, 1.54) is 12.0 Å². The van der Waals surface area contributed by atoms with E-state index < -0.39 is 0 Å². The molecule has 0 saturated carbocycles. The summed E-state index contributed by atoms with van der Waals surface area (Å²) in [6, 6.07) is 18.2. The lowest BCUT2D eigenvalue weighted by atomic mass is 10.1. The van der Waals surface area contributed by atoms with Crippen LogP contribution in [-0.2, 0) is 17.8 Å². The molecule has 0 unspecified atom stereocenters. The molecule has 2 heterocycles. The molecule has 0 bridgehead atoms. The SMILES string of the molecule is O=C(Cn1cc(-c2nnco2)c2ccccc21)NCCCc1ccccc1. The molecular weight excluding hydrogens is 340 g/mol. The highest BCUT2D eigenvalue weighted by Crippen LogP contribution is 2.29. The van der Waals surface area contributed by atoms with Crippen molar-refractivity contribution in [1.82, 2.24) is 20.1 Å². The van der Waals surface area contributed by atoms with Gasteiger partial charge in [0.1, 0.15) is 6.54 Å². The zero-order valence-corrected chi connectivity index (χ0v) is 14.8. The van der Waals surface area contributed by atoms with Gasteiger partial charge in [0.15, 0.2) is 0 Å².